The zero-order chi connectivity index (χ0) is 17.8. The number of nitrogens with one attached hydrogen (secondary N) is 1. The number of carbonyl (C=O) groups excluding carboxylic acids is 2. The Morgan fingerprint density at radius 3 is 2.40 bits per heavy atom. The summed E-state index contributed by atoms with van der Waals surface area (Å²) in [6.45, 7) is 4.51. The molecule has 0 aliphatic rings. The van der Waals surface area contributed by atoms with E-state index in [1.807, 2.05) is 62.5 Å². The van der Waals surface area contributed by atoms with E-state index in [0.717, 1.165) is 11.1 Å². The molecule has 0 unspecified atom stereocenters. The van der Waals surface area contributed by atoms with Gasteiger partial charge in [0.2, 0.25) is 0 Å². The number of Topliss-reactive ketones (excluding diaryl/α,β-unsaturated/α-hetero) is 1. The summed E-state index contributed by atoms with van der Waals surface area (Å²) in [5.41, 5.74) is 4.29. The second-order valence-electron chi connectivity index (χ2n) is 6.16. The summed E-state index contributed by atoms with van der Waals surface area (Å²) in [4.78, 5) is 24.8. The highest BCUT2D eigenvalue weighted by molar-refractivity contribution is 6.46. The van der Waals surface area contributed by atoms with Crippen molar-refractivity contribution in [3.63, 3.8) is 0 Å². The Bertz CT molecular complexity index is 908. The number of amides is 1. The maximum absolute atomic E-state index is 12.5. The normalized spacial score (nSPS) is 10.5. The van der Waals surface area contributed by atoms with Crippen molar-refractivity contribution in [3.05, 3.63) is 89.2 Å². The molecule has 0 atom stereocenters. The van der Waals surface area contributed by atoms with Crippen molar-refractivity contribution >= 4 is 17.4 Å². The van der Waals surface area contributed by atoms with Crippen LogP contribution in [0.4, 0.5) is 5.69 Å². The summed E-state index contributed by atoms with van der Waals surface area (Å²) in [5, 5.41) is 2.67. The molecule has 2 aromatic carbocycles. The lowest BCUT2D eigenvalue weighted by atomic mass is 10.1. The number of benzene rings is 2. The van der Waals surface area contributed by atoms with E-state index in [2.05, 4.69) is 5.32 Å². The van der Waals surface area contributed by atoms with Gasteiger partial charge in [0.05, 0.1) is 5.69 Å². The number of carbonyl (C=O) groups is 2. The van der Waals surface area contributed by atoms with Crippen molar-refractivity contribution in [3.8, 4) is 0 Å². The first-order chi connectivity index (χ1) is 12.0. The molecule has 0 saturated heterocycles. The summed E-state index contributed by atoms with van der Waals surface area (Å²) in [5.74, 6) is -1.17. The first-order valence-electron chi connectivity index (χ1n) is 8.16. The monoisotopic (exact) mass is 332 g/mol. The van der Waals surface area contributed by atoms with Gasteiger partial charge >= 0.3 is 0 Å². The molecular formula is C21H20N2O2. The predicted molar refractivity (Wildman–Crippen MR) is 98.9 cm³/mol. The third-order valence-electron chi connectivity index (χ3n) is 4.02. The van der Waals surface area contributed by atoms with Crippen LogP contribution in [0.2, 0.25) is 0 Å². The summed E-state index contributed by atoms with van der Waals surface area (Å²) in [7, 11) is 0. The van der Waals surface area contributed by atoms with Gasteiger partial charge in [0, 0.05) is 18.4 Å². The van der Waals surface area contributed by atoms with Crippen LogP contribution in [0.25, 0.3) is 0 Å². The first-order valence-corrected chi connectivity index (χ1v) is 8.16. The third-order valence-corrected chi connectivity index (χ3v) is 4.02. The lowest BCUT2D eigenvalue weighted by Crippen LogP contribution is -2.25. The van der Waals surface area contributed by atoms with Gasteiger partial charge in [0.25, 0.3) is 11.7 Å². The minimum atomic E-state index is -0.630. The number of rotatable bonds is 5. The molecule has 1 amide bonds. The number of nitrogens with zero attached hydrogens (tertiary/aromatic N) is 1. The second-order valence-corrected chi connectivity index (χ2v) is 6.16. The van der Waals surface area contributed by atoms with Crippen LogP contribution in [0.1, 0.15) is 27.2 Å². The van der Waals surface area contributed by atoms with Crippen LogP contribution in [-0.2, 0) is 11.3 Å². The number of anilines is 1. The van der Waals surface area contributed by atoms with Crippen molar-refractivity contribution < 1.29 is 9.59 Å². The van der Waals surface area contributed by atoms with E-state index in [9.17, 15) is 9.59 Å². The summed E-state index contributed by atoms with van der Waals surface area (Å²) >= 11 is 0. The van der Waals surface area contributed by atoms with Gasteiger partial charge in [-0.15, -0.1) is 0 Å². The zero-order valence-corrected chi connectivity index (χ0v) is 14.3. The van der Waals surface area contributed by atoms with E-state index < -0.39 is 11.7 Å². The molecule has 3 aromatic rings. The van der Waals surface area contributed by atoms with Gasteiger partial charge in [-0.25, -0.2) is 0 Å². The SMILES string of the molecule is Cc1ccc(Cn2cccc2C(=O)C(=O)Nc2cccc(C)c2)cc1. The van der Waals surface area contributed by atoms with Gasteiger partial charge in [0.1, 0.15) is 0 Å². The van der Waals surface area contributed by atoms with E-state index in [1.165, 1.54) is 5.56 Å². The zero-order valence-electron chi connectivity index (χ0n) is 14.3. The Morgan fingerprint density at radius 1 is 0.920 bits per heavy atom. The molecule has 3 rings (SSSR count). The van der Waals surface area contributed by atoms with Crippen molar-refractivity contribution in [2.75, 3.05) is 5.32 Å². The number of aryl methyl sites for hydroxylation is 2. The molecule has 1 heterocycles. The fraction of sp³-hybridized carbons (Fsp3) is 0.143. The van der Waals surface area contributed by atoms with Crippen LogP contribution in [0.15, 0.2) is 66.9 Å². The van der Waals surface area contributed by atoms with Gasteiger partial charge in [-0.1, -0.05) is 42.0 Å². The quantitative estimate of drug-likeness (QED) is 0.568. The van der Waals surface area contributed by atoms with Crippen LogP contribution >= 0.6 is 0 Å². The fourth-order valence-electron chi connectivity index (χ4n) is 2.68. The summed E-state index contributed by atoms with van der Waals surface area (Å²) < 4.78 is 1.79. The molecule has 4 nitrogen and oxygen atoms in total. The second kappa shape index (κ2) is 7.18. The Labute approximate surface area is 147 Å². The standard InChI is InChI=1S/C21H20N2O2/c1-15-8-10-17(11-9-15)14-23-12-4-7-19(23)20(24)21(25)22-18-6-3-5-16(2)13-18/h3-13H,14H2,1-2H3,(H,22,25). The minimum absolute atomic E-state index is 0.380. The molecule has 0 spiro atoms. The molecular weight excluding hydrogens is 312 g/mol. The smallest absolute Gasteiger partial charge is 0.298 e. The number of ketones is 1. The molecule has 1 N–H and O–H groups in total. The van der Waals surface area contributed by atoms with E-state index in [0.29, 0.717) is 17.9 Å². The third kappa shape index (κ3) is 4.04. The van der Waals surface area contributed by atoms with Gasteiger partial charge in [0.15, 0.2) is 0 Å². The van der Waals surface area contributed by atoms with Crippen molar-refractivity contribution in [1.82, 2.24) is 4.57 Å². The van der Waals surface area contributed by atoms with Crippen molar-refractivity contribution in [1.29, 1.82) is 0 Å². The van der Waals surface area contributed by atoms with E-state index >= 15 is 0 Å². The van der Waals surface area contributed by atoms with E-state index in [4.69, 9.17) is 0 Å². The molecule has 0 aliphatic carbocycles. The highest BCUT2D eigenvalue weighted by atomic mass is 16.2. The molecule has 0 fully saturated rings. The average molecular weight is 332 g/mol. The molecule has 0 radical (unpaired) electrons. The maximum atomic E-state index is 12.5. The van der Waals surface area contributed by atoms with Crippen LogP contribution in [0, 0.1) is 13.8 Å². The van der Waals surface area contributed by atoms with Crippen molar-refractivity contribution in [2.24, 2.45) is 0 Å². The minimum Gasteiger partial charge on any atom is -0.340 e. The predicted octanol–water partition coefficient (Wildman–Crippen LogP) is 3.97. The van der Waals surface area contributed by atoms with Crippen LogP contribution in [-0.4, -0.2) is 16.3 Å². The van der Waals surface area contributed by atoms with E-state index in [1.54, 1.807) is 22.8 Å². The fourth-order valence-corrected chi connectivity index (χ4v) is 2.68. The first kappa shape index (κ1) is 16.7. The highest BCUT2D eigenvalue weighted by Gasteiger charge is 2.19. The maximum Gasteiger partial charge on any atom is 0.298 e. The van der Waals surface area contributed by atoms with Gasteiger partial charge < -0.3 is 9.88 Å². The molecule has 0 bridgehead atoms. The Kier molecular flexibility index (Phi) is 4.80. The van der Waals surface area contributed by atoms with Crippen LogP contribution in [0.3, 0.4) is 0 Å². The lowest BCUT2D eigenvalue weighted by Gasteiger charge is -2.10. The largest absolute Gasteiger partial charge is 0.340 e. The van der Waals surface area contributed by atoms with Gasteiger partial charge in [-0.05, 0) is 49.2 Å². The molecule has 1 aromatic heterocycles. The van der Waals surface area contributed by atoms with Crippen LogP contribution < -0.4 is 5.32 Å². The summed E-state index contributed by atoms with van der Waals surface area (Å²) in [6.07, 6.45) is 1.81. The summed E-state index contributed by atoms with van der Waals surface area (Å²) in [6, 6.07) is 18.9. The highest BCUT2D eigenvalue weighted by Crippen LogP contribution is 2.13. The molecule has 0 saturated carbocycles. The number of hydrogen-bond donors (Lipinski definition) is 1. The Hall–Kier alpha value is -3.14. The molecule has 4 heteroatoms. The average Bonchev–Trinajstić information content (AvgIpc) is 3.04. The van der Waals surface area contributed by atoms with Gasteiger partial charge in [-0.2, -0.15) is 0 Å². The number of hydrogen-bond acceptors (Lipinski definition) is 2. The van der Waals surface area contributed by atoms with Crippen molar-refractivity contribution in [2.45, 2.75) is 20.4 Å². The van der Waals surface area contributed by atoms with Crippen LogP contribution in [0.5, 0.6) is 0 Å². The van der Waals surface area contributed by atoms with Gasteiger partial charge in [-0.3, -0.25) is 9.59 Å². The Balaban J connectivity index is 1.75. The molecule has 25 heavy (non-hydrogen) atoms. The molecule has 0 aliphatic heterocycles. The number of aromatic nitrogens is 1. The Morgan fingerprint density at radius 2 is 1.68 bits per heavy atom. The topological polar surface area (TPSA) is 51.1 Å². The lowest BCUT2D eigenvalue weighted by molar-refractivity contribution is -0.112. The molecule has 126 valence electrons. The van der Waals surface area contributed by atoms with E-state index in [-0.39, 0.29) is 0 Å².